The van der Waals surface area contributed by atoms with Crippen LogP contribution in [0.15, 0.2) is 56.2 Å². The largest absolute Gasteiger partial charge is 0.448 e. The Kier molecular flexibility index (Phi) is 6.65. The van der Waals surface area contributed by atoms with E-state index in [1.54, 1.807) is 6.21 Å². The van der Waals surface area contributed by atoms with Gasteiger partial charge in [0, 0.05) is 26.2 Å². The maximum atomic E-state index is 5.88. The second-order valence-electron chi connectivity index (χ2n) is 8.15. The Balaban J connectivity index is 1.15. The molecular weight excluding hydrogens is 482 g/mol. The summed E-state index contributed by atoms with van der Waals surface area (Å²) in [5.41, 5.74) is 4.84. The smallest absolute Gasteiger partial charge is 0.250 e. The normalized spacial score (nSPS) is 16.8. The standard InChI is InChI=1S/C23H25N9O3S/c1-2-4-18-17(3-1)25-23(26-18)36-19-6-5-16(35-19)15-24-30-20-27-21(31-7-11-33-12-8-31)29-22(28-20)32-9-13-34-14-10-32/h1-6,15H,7-14H2,(H,25,26)(H,27,28,29,30)/b24-15-. The lowest BCUT2D eigenvalue weighted by Crippen LogP contribution is -2.40. The van der Waals surface area contributed by atoms with Crippen LogP contribution >= 0.6 is 11.8 Å². The van der Waals surface area contributed by atoms with Gasteiger partial charge in [0.05, 0.1) is 43.7 Å². The van der Waals surface area contributed by atoms with Crippen LogP contribution in [0, 0.1) is 0 Å². The van der Waals surface area contributed by atoms with Gasteiger partial charge < -0.3 is 28.7 Å². The second kappa shape index (κ2) is 10.5. The fraction of sp³-hybridized carbons (Fsp3) is 0.348. The molecule has 0 unspecified atom stereocenters. The SMILES string of the molecule is C(=N/Nc1nc(N2CCOCC2)nc(N2CCOCC2)n1)/c1ccc(Sc2nc3ccccc3[nH]2)o1. The molecule has 6 rings (SSSR count). The number of anilines is 3. The molecule has 0 spiro atoms. The number of hydrogen-bond donors (Lipinski definition) is 2. The highest BCUT2D eigenvalue weighted by Gasteiger charge is 2.20. The lowest BCUT2D eigenvalue weighted by Gasteiger charge is -2.30. The van der Waals surface area contributed by atoms with Gasteiger partial charge in [0.15, 0.2) is 10.2 Å². The van der Waals surface area contributed by atoms with E-state index in [0.717, 1.165) is 42.4 Å². The van der Waals surface area contributed by atoms with E-state index in [2.05, 4.69) is 40.3 Å². The molecule has 0 bridgehead atoms. The van der Waals surface area contributed by atoms with E-state index < -0.39 is 0 Å². The molecule has 186 valence electrons. The van der Waals surface area contributed by atoms with Gasteiger partial charge in [-0.05, 0) is 36.0 Å². The molecule has 0 atom stereocenters. The number of H-pyrrole nitrogens is 1. The maximum absolute atomic E-state index is 5.88. The molecule has 2 N–H and O–H groups in total. The Bertz CT molecular complexity index is 1280. The Morgan fingerprint density at radius 3 is 2.25 bits per heavy atom. The van der Waals surface area contributed by atoms with E-state index in [0.29, 0.717) is 55.1 Å². The lowest BCUT2D eigenvalue weighted by atomic mass is 10.3. The average molecular weight is 508 g/mol. The molecule has 13 heteroatoms. The van der Waals surface area contributed by atoms with E-state index in [1.807, 2.05) is 36.4 Å². The number of rotatable bonds is 7. The molecular formula is C23H25N9O3S. The van der Waals surface area contributed by atoms with E-state index in [9.17, 15) is 0 Å². The third kappa shape index (κ3) is 5.27. The monoisotopic (exact) mass is 507 g/mol. The van der Waals surface area contributed by atoms with Gasteiger partial charge in [-0.25, -0.2) is 10.4 Å². The lowest BCUT2D eigenvalue weighted by molar-refractivity contribution is 0.121. The summed E-state index contributed by atoms with van der Waals surface area (Å²) in [4.78, 5) is 25.9. The zero-order chi connectivity index (χ0) is 24.2. The van der Waals surface area contributed by atoms with Crippen LogP contribution in [0.1, 0.15) is 5.76 Å². The number of fused-ring (bicyclic) bond motifs is 1. The maximum Gasteiger partial charge on any atom is 0.250 e. The molecule has 4 aromatic rings. The van der Waals surface area contributed by atoms with E-state index in [4.69, 9.17) is 18.9 Å². The van der Waals surface area contributed by atoms with Gasteiger partial charge in [-0.3, -0.25) is 0 Å². The number of nitrogens with one attached hydrogen (secondary N) is 2. The zero-order valence-electron chi connectivity index (χ0n) is 19.5. The first-order chi connectivity index (χ1) is 17.8. The number of imidazole rings is 1. The van der Waals surface area contributed by atoms with Crippen molar-refractivity contribution in [3.8, 4) is 0 Å². The summed E-state index contributed by atoms with van der Waals surface area (Å²) < 4.78 is 16.8. The fourth-order valence-corrected chi connectivity index (χ4v) is 4.67. The highest BCUT2D eigenvalue weighted by molar-refractivity contribution is 7.99. The number of hydrogen-bond acceptors (Lipinski definition) is 12. The third-order valence-corrected chi connectivity index (χ3v) is 6.53. The molecule has 0 radical (unpaired) electrons. The number of benzene rings is 1. The van der Waals surface area contributed by atoms with E-state index in [1.165, 1.54) is 11.8 Å². The Morgan fingerprint density at radius 1 is 0.861 bits per heavy atom. The van der Waals surface area contributed by atoms with Gasteiger partial charge in [0.1, 0.15) is 5.76 Å². The molecule has 2 aliphatic rings. The summed E-state index contributed by atoms with van der Waals surface area (Å²) in [7, 11) is 0. The number of para-hydroxylation sites is 2. The predicted octanol–water partition coefficient (Wildman–Crippen LogP) is 2.61. The number of ether oxygens (including phenoxy) is 2. The van der Waals surface area contributed by atoms with Gasteiger partial charge in [0.2, 0.25) is 17.8 Å². The molecule has 2 fully saturated rings. The van der Waals surface area contributed by atoms with E-state index in [-0.39, 0.29) is 0 Å². The van der Waals surface area contributed by atoms with Crippen molar-refractivity contribution in [2.24, 2.45) is 5.10 Å². The number of furan rings is 1. The van der Waals surface area contributed by atoms with E-state index >= 15 is 0 Å². The molecule has 12 nitrogen and oxygen atoms in total. The summed E-state index contributed by atoms with van der Waals surface area (Å²) in [5, 5.41) is 5.77. The van der Waals surface area contributed by atoms with Crippen LogP contribution in [0.2, 0.25) is 0 Å². The van der Waals surface area contributed by atoms with Crippen LogP contribution < -0.4 is 15.2 Å². The van der Waals surface area contributed by atoms with Crippen LogP contribution in [0.25, 0.3) is 11.0 Å². The van der Waals surface area contributed by atoms with Crippen LogP contribution in [0.4, 0.5) is 17.8 Å². The molecule has 0 aliphatic carbocycles. The minimum Gasteiger partial charge on any atom is -0.448 e. The van der Waals surface area contributed by atoms with Crippen LogP contribution in [-0.4, -0.2) is 83.7 Å². The molecule has 0 saturated carbocycles. The minimum absolute atomic E-state index is 0.368. The topological polar surface area (TPSA) is 130 Å². The summed E-state index contributed by atoms with van der Waals surface area (Å²) >= 11 is 1.42. The number of nitrogens with zero attached hydrogens (tertiary/aromatic N) is 7. The second-order valence-corrected chi connectivity index (χ2v) is 9.14. The van der Waals surface area contributed by atoms with Crippen molar-refractivity contribution in [1.29, 1.82) is 0 Å². The van der Waals surface area contributed by atoms with Gasteiger partial charge in [0.25, 0.3) is 0 Å². The molecule has 2 aliphatic heterocycles. The molecule has 0 amide bonds. The summed E-state index contributed by atoms with van der Waals surface area (Å²) in [6.45, 7) is 5.50. The van der Waals surface area contributed by atoms with Crippen LogP contribution in [0.3, 0.4) is 0 Å². The van der Waals surface area contributed by atoms with Crippen molar-refractivity contribution < 1.29 is 13.9 Å². The Morgan fingerprint density at radius 2 is 1.56 bits per heavy atom. The number of morpholine rings is 2. The Labute approximate surface area is 211 Å². The molecule has 2 saturated heterocycles. The van der Waals surface area contributed by atoms with Gasteiger partial charge in [-0.1, -0.05) is 12.1 Å². The van der Waals surface area contributed by atoms with Crippen LogP contribution in [-0.2, 0) is 9.47 Å². The minimum atomic E-state index is 0.368. The molecule has 5 heterocycles. The van der Waals surface area contributed by atoms with Crippen molar-refractivity contribution in [2.45, 2.75) is 10.2 Å². The van der Waals surface area contributed by atoms with Crippen molar-refractivity contribution in [1.82, 2.24) is 24.9 Å². The van der Waals surface area contributed by atoms with Crippen molar-refractivity contribution >= 4 is 46.9 Å². The first-order valence-corrected chi connectivity index (χ1v) is 12.5. The quantitative estimate of drug-likeness (QED) is 0.283. The highest BCUT2D eigenvalue weighted by Crippen LogP contribution is 2.28. The van der Waals surface area contributed by atoms with Crippen molar-refractivity contribution in [3.63, 3.8) is 0 Å². The average Bonchev–Trinajstić information content (AvgIpc) is 3.56. The summed E-state index contributed by atoms with van der Waals surface area (Å²) in [6, 6.07) is 11.6. The molecule has 3 aromatic heterocycles. The highest BCUT2D eigenvalue weighted by atomic mass is 32.2. The predicted molar refractivity (Wildman–Crippen MR) is 136 cm³/mol. The first-order valence-electron chi connectivity index (χ1n) is 11.7. The van der Waals surface area contributed by atoms with Gasteiger partial charge in [-0.15, -0.1) is 0 Å². The number of hydrazone groups is 1. The first kappa shape index (κ1) is 22.8. The summed E-state index contributed by atoms with van der Waals surface area (Å²) in [5.74, 6) is 2.18. The zero-order valence-corrected chi connectivity index (χ0v) is 20.3. The molecule has 1 aromatic carbocycles. The third-order valence-electron chi connectivity index (χ3n) is 5.72. The van der Waals surface area contributed by atoms with Crippen LogP contribution in [0.5, 0.6) is 0 Å². The number of aromatic amines is 1. The van der Waals surface area contributed by atoms with Crippen molar-refractivity contribution in [2.75, 3.05) is 67.8 Å². The molecule has 36 heavy (non-hydrogen) atoms. The Hall–Kier alpha value is -3.68. The van der Waals surface area contributed by atoms with Gasteiger partial charge >= 0.3 is 0 Å². The number of aromatic nitrogens is 5. The summed E-state index contributed by atoms with van der Waals surface area (Å²) in [6.07, 6.45) is 1.59. The van der Waals surface area contributed by atoms with Crippen molar-refractivity contribution in [3.05, 3.63) is 42.2 Å². The van der Waals surface area contributed by atoms with Gasteiger partial charge in [-0.2, -0.15) is 20.1 Å². The fourth-order valence-electron chi connectivity index (χ4n) is 3.90.